The number of carbonyl (C=O) groups excluding carboxylic acids is 2. The highest BCUT2D eigenvalue weighted by Crippen LogP contribution is 2.16. The van der Waals surface area contributed by atoms with Gasteiger partial charge in [0.25, 0.3) is 0 Å². The van der Waals surface area contributed by atoms with Crippen LogP contribution in [0.1, 0.15) is 37.0 Å². The van der Waals surface area contributed by atoms with Gasteiger partial charge in [0, 0.05) is 13.1 Å². The van der Waals surface area contributed by atoms with Gasteiger partial charge in [0.15, 0.2) is 0 Å². The van der Waals surface area contributed by atoms with E-state index in [0.29, 0.717) is 13.1 Å². The van der Waals surface area contributed by atoms with E-state index in [9.17, 15) is 9.59 Å². The monoisotopic (exact) mass is 382 g/mol. The molecule has 0 fully saturated rings. The predicted octanol–water partition coefficient (Wildman–Crippen LogP) is 3.49. The standard InChI is InChI=1S/C23H30N2O3/c1-5-13-24-23(27)18(3)25(16-19-9-11-21(28-4)12-10-19)22(26)15-20-8-6-7-17(2)14-20/h6-12,14,18H,5,13,15-16H2,1-4H3,(H,24,27). The van der Waals surface area contributed by atoms with Crippen molar-refractivity contribution in [1.82, 2.24) is 10.2 Å². The summed E-state index contributed by atoms with van der Waals surface area (Å²) in [6.45, 7) is 6.76. The minimum atomic E-state index is -0.550. The number of hydrogen-bond donors (Lipinski definition) is 1. The Kier molecular flexibility index (Phi) is 8.05. The number of rotatable bonds is 9. The van der Waals surface area contributed by atoms with Crippen LogP contribution < -0.4 is 10.1 Å². The van der Waals surface area contributed by atoms with E-state index in [-0.39, 0.29) is 18.2 Å². The van der Waals surface area contributed by atoms with E-state index in [0.717, 1.165) is 28.9 Å². The first kappa shape index (κ1) is 21.5. The van der Waals surface area contributed by atoms with Crippen LogP contribution in [0.25, 0.3) is 0 Å². The second-order valence-corrected chi connectivity index (χ2v) is 7.00. The van der Waals surface area contributed by atoms with Gasteiger partial charge in [-0.15, -0.1) is 0 Å². The molecule has 2 rings (SSSR count). The molecule has 0 bridgehead atoms. The Morgan fingerprint density at radius 1 is 1.11 bits per heavy atom. The Bertz CT molecular complexity index is 787. The van der Waals surface area contributed by atoms with Gasteiger partial charge in [-0.2, -0.15) is 0 Å². The Morgan fingerprint density at radius 3 is 2.43 bits per heavy atom. The fourth-order valence-corrected chi connectivity index (χ4v) is 3.00. The van der Waals surface area contributed by atoms with Gasteiger partial charge in [0.05, 0.1) is 13.5 Å². The molecule has 0 heterocycles. The van der Waals surface area contributed by atoms with Gasteiger partial charge in [-0.05, 0) is 43.5 Å². The summed E-state index contributed by atoms with van der Waals surface area (Å²) in [5, 5.41) is 2.89. The molecule has 1 N–H and O–H groups in total. The quantitative estimate of drug-likeness (QED) is 0.722. The van der Waals surface area contributed by atoms with Gasteiger partial charge in [-0.3, -0.25) is 9.59 Å². The highest BCUT2D eigenvalue weighted by atomic mass is 16.5. The van der Waals surface area contributed by atoms with E-state index in [1.54, 1.807) is 18.9 Å². The molecule has 28 heavy (non-hydrogen) atoms. The van der Waals surface area contributed by atoms with Crippen molar-refractivity contribution in [2.24, 2.45) is 0 Å². The topological polar surface area (TPSA) is 58.6 Å². The van der Waals surface area contributed by atoms with Crippen LogP contribution in [0.5, 0.6) is 5.75 Å². The third-order valence-corrected chi connectivity index (χ3v) is 4.67. The number of methoxy groups -OCH3 is 1. The molecule has 1 unspecified atom stereocenters. The maximum absolute atomic E-state index is 13.1. The molecule has 0 aromatic heterocycles. The lowest BCUT2D eigenvalue weighted by atomic mass is 10.1. The number of amides is 2. The molecule has 0 aliphatic carbocycles. The van der Waals surface area contributed by atoms with Crippen molar-refractivity contribution in [3.05, 3.63) is 65.2 Å². The fourth-order valence-electron chi connectivity index (χ4n) is 3.00. The van der Waals surface area contributed by atoms with Crippen molar-refractivity contribution >= 4 is 11.8 Å². The molecule has 0 aliphatic heterocycles. The van der Waals surface area contributed by atoms with Gasteiger partial charge >= 0.3 is 0 Å². The van der Waals surface area contributed by atoms with Crippen molar-refractivity contribution < 1.29 is 14.3 Å². The molecule has 5 nitrogen and oxygen atoms in total. The van der Waals surface area contributed by atoms with E-state index in [2.05, 4.69) is 5.32 Å². The number of aryl methyl sites for hydroxylation is 1. The molecule has 0 aliphatic rings. The first-order valence-electron chi connectivity index (χ1n) is 9.70. The Hall–Kier alpha value is -2.82. The second-order valence-electron chi connectivity index (χ2n) is 7.00. The molecule has 150 valence electrons. The van der Waals surface area contributed by atoms with E-state index in [4.69, 9.17) is 4.74 Å². The van der Waals surface area contributed by atoms with Gasteiger partial charge < -0.3 is 15.0 Å². The lowest BCUT2D eigenvalue weighted by Crippen LogP contribution is -2.48. The summed E-state index contributed by atoms with van der Waals surface area (Å²) >= 11 is 0. The molecule has 5 heteroatoms. The molecule has 2 amide bonds. The van der Waals surface area contributed by atoms with Crippen molar-refractivity contribution in [3.8, 4) is 5.75 Å². The average molecular weight is 383 g/mol. The Morgan fingerprint density at radius 2 is 1.82 bits per heavy atom. The predicted molar refractivity (Wildman–Crippen MR) is 111 cm³/mol. The van der Waals surface area contributed by atoms with Crippen LogP contribution in [-0.2, 0) is 22.6 Å². The molecule has 2 aromatic carbocycles. The molecule has 1 atom stereocenters. The van der Waals surface area contributed by atoms with Crippen LogP contribution in [0.2, 0.25) is 0 Å². The zero-order chi connectivity index (χ0) is 20.5. The summed E-state index contributed by atoms with van der Waals surface area (Å²) in [6.07, 6.45) is 1.12. The van der Waals surface area contributed by atoms with Crippen LogP contribution in [0, 0.1) is 6.92 Å². The second kappa shape index (κ2) is 10.5. The van der Waals surface area contributed by atoms with Crippen LogP contribution in [0.4, 0.5) is 0 Å². The Labute approximate surface area is 167 Å². The third-order valence-electron chi connectivity index (χ3n) is 4.67. The molecule has 0 spiro atoms. The van der Waals surface area contributed by atoms with Crippen molar-refractivity contribution in [1.29, 1.82) is 0 Å². The molecule has 0 saturated heterocycles. The SMILES string of the molecule is CCCNC(=O)C(C)N(Cc1ccc(OC)cc1)C(=O)Cc1cccc(C)c1. The number of nitrogens with one attached hydrogen (secondary N) is 1. The van der Waals surface area contributed by atoms with Crippen molar-refractivity contribution in [2.45, 2.75) is 46.2 Å². The van der Waals surface area contributed by atoms with Crippen LogP contribution in [-0.4, -0.2) is 36.4 Å². The van der Waals surface area contributed by atoms with Crippen molar-refractivity contribution in [3.63, 3.8) is 0 Å². The summed E-state index contributed by atoms with van der Waals surface area (Å²) < 4.78 is 5.20. The summed E-state index contributed by atoms with van der Waals surface area (Å²) in [5.41, 5.74) is 3.01. The number of ether oxygens (including phenoxy) is 1. The molecule has 0 saturated carbocycles. The zero-order valence-corrected chi connectivity index (χ0v) is 17.2. The molecular weight excluding hydrogens is 352 g/mol. The minimum absolute atomic E-state index is 0.0689. The fraction of sp³-hybridized carbons (Fsp3) is 0.391. The lowest BCUT2D eigenvalue weighted by Gasteiger charge is -2.29. The highest BCUT2D eigenvalue weighted by Gasteiger charge is 2.26. The summed E-state index contributed by atoms with van der Waals surface area (Å²) in [7, 11) is 1.62. The number of carbonyl (C=O) groups is 2. The highest BCUT2D eigenvalue weighted by molar-refractivity contribution is 5.88. The van der Waals surface area contributed by atoms with Gasteiger partial charge in [-0.25, -0.2) is 0 Å². The molecule has 0 radical (unpaired) electrons. The molecular formula is C23H30N2O3. The number of benzene rings is 2. The maximum atomic E-state index is 13.1. The first-order valence-corrected chi connectivity index (χ1v) is 9.70. The van der Waals surface area contributed by atoms with Crippen LogP contribution >= 0.6 is 0 Å². The number of hydrogen-bond acceptors (Lipinski definition) is 3. The third kappa shape index (κ3) is 6.12. The van der Waals surface area contributed by atoms with E-state index < -0.39 is 6.04 Å². The lowest BCUT2D eigenvalue weighted by molar-refractivity contribution is -0.140. The summed E-state index contributed by atoms with van der Waals surface area (Å²) in [5.74, 6) is 0.559. The normalized spacial score (nSPS) is 11.6. The molecule has 2 aromatic rings. The van der Waals surface area contributed by atoms with Gasteiger partial charge in [0.1, 0.15) is 11.8 Å². The summed E-state index contributed by atoms with van der Waals surface area (Å²) in [6, 6.07) is 14.9. The maximum Gasteiger partial charge on any atom is 0.242 e. The van der Waals surface area contributed by atoms with Crippen LogP contribution in [0.3, 0.4) is 0 Å². The van der Waals surface area contributed by atoms with Crippen LogP contribution in [0.15, 0.2) is 48.5 Å². The van der Waals surface area contributed by atoms with Gasteiger partial charge in [0.2, 0.25) is 11.8 Å². The van der Waals surface area contributed by atoms with E-state index in [1.807, 2.05) is 62.4 Å². The van der Waals surface area contributed by atoms with Gasteiger partial charge in [-0.1, -0.05) is 48.9 Å². The first-order chi connectivity index (χ1) is 13.4. The van der Waals surface area contributed by atoms with Crippen molar-refractivity contribution in [2.75, 3.05) is 13.7 Å². The smallest absolute Gasteiger partial charge is 0.242 e. The largest absolute Gasteiger partial charge is 0.497 e. The summed E-state index contributed by atoms with van der Waals surface area (Å²) in [4.78, 5) is 27.3. The van der Waals surface area contributed by atoms with E-state index in [1.165, 1.54) is 0 Å². The minimum Gasteiger partial charge on any atom is -0.497 e. The van der Waals surface area contributed by atoms with E-state index >= 15 is 0 Å². The zero-order valence-electron chi connectivity index (χ0n) is 17.2. The number of nitrogens with zero attached hydrogens (tertiary/aromatic N) is 1. The Balaban J connectivity index is 2.20. The average Bonchev–Trinajstić information content (AvgIpc) is 2.70.